The van der Waals surface area contributed by atoms with E-state index >= 15 is 0 Å². The Labute approximate surface area is 90.9 Å². The minimum absolute atomic E-state index is 0.822. The summed E-state index contributed by atoms with van der Waals surface area (Å²) in [5, 5.41) is 4.35. The number of hydrogen-bond donors (Lipinski definition) is 0. The maximum Gasteiger partial charge on any atom is 0.154 e. The van der Waals surface area contributed by atoms with Crippen LogP contribution in [0.2, 0.25) is 0 Å². The average molecular weight is 252 g/mol. The minimum atomic E-state index is 0.822. The van der Waals surface area contributed by atoms with E-state index in [2.05, 4.69) is 26.0 Å². The molecule has 72 valence electrons. The molecule has 0 atom stereocenters. The standard InChI is InChI=1S/C10H10BrN3/c1-7-6-8(2)14(13-7)10-5-3-4-9(11)12-10/h3-6H,1-2H3. The lowest BCUT2D eigenvalue weighted by Gasteiger charge is -2.02. The SMILES string of the molecule is Cc1cc(C)n(-c2cccc(Br)n2)n1. The van der Waals surface area contributed by atoms with Crippen molar-refractivity contribution in [1.82, 2.24) is 14.8 Å². The fourth-order valence-corrected chi connectivity index (χ4v) is 1.71. The maximum absolute atomic E-state index is 4.35. The van der Waals surface area contributed by atoms with Gasteiger partial charge in [0, 0.05) is 5.69 Å². The first kappa shape index (κ1) is 9.40. The zero-order valence-corrected chi connectivity index (χ0v) is 9.62. The monoisotopic (exact) mass is 251 g/mol. The van der Waals surface area contributed by atoms with Gasteiger partial charge in [-0.05, 0) is 48.0 Å². The van der Waals surface area contributed by atoms with Crippen molar-refractivity contribution in [3.63, 3.8) is 0 Å². The molecule has 3 nitrogen and oxygen atoms in total. The molecule has 0 spiro atoms. The summed E-state index contributed by atoms with van der Waals surface area (Å²) in [6.07, 6.45) is 0. The third kappa shape index (κ3) is 1.70. The van der Waals surface area contributed by atoms with Crippen molar-refractivity contribution in [3.8, 4) is 5.82 Å². The predicted molar refractivity (Wildman–Crippen MR) is 58.5 cm³/mol. The van der Waals surface area contributed by atoms with Crippen molar-refractivity contribution in [2.75, 3.05) is 0 Å². The van der Waals surface area contributed by atoms with E-state index in [0.717, 1.165) is 21.8 Å². The molecule has 0 fully saturated rings. The van der Waals surface area contributed by atoms with Crippen molar-refractivity contribution in [3.05, 3.63) is 40.3 Å². The van der Waals surface area contributed by atoms with Gasteiger partial charge < -0.3 is 0 Å². The van der Waals surface area contributed by atoms with Crippen LogP contribution in [-0.2, 0) is 0 Å². The van der Waals surface area contributed by atoms with Crippen LogP contribution in [-0.4, -0.2) is 14.8 Å². The van der Waals surface area contributed by atoms with E-state index in [0.29, 0.717) is 0 Å². The Balaban J connectivity index is 2.54. The van der Waals surface area contributed by atoms with Gasteiger partial charge in [0.25, 0.3) is 0 Å². The van der Waals surface area contributed by atoms with Gasteiger partial charge in [0.05, 0.1) is 5.69 Å². The summed E-state index contributed by atoms with van der Waals surface area (Å²) in [5.74, 6) is 0.838. The van der Waals surface area contributed by atoms with Gasteiger partial charge in [-0.15, -0.1) is 0 Å². The third-order valence-electron chi connectivity index (χ3n) is 1.93. The average Bonchev–Trinajstić information content (AvgIpc) is 2.45. The zero-order valence-electron chi connectivity index (χ0n) is 8.03. The van der Waals surface area contributed by atoms with E-state index in [1.165, 1.54) is 0 Å². The van der Waals surface area contributed by atoms with E-state index < -0.39 is 0 Å². The number of rotatable bonds is 1. The molecule has 2 aromatic heterocycles. The summed E-state index contributed by atoms with van der Waals surface area (Å²) in [6, 6.07) is 7.81. The molecule has 0 unspecified atom stereocenters. The van der Waals surface area contributed by atoms with E-state index in [9.17, 15) is 0 Å². The van der Waals surface area contributed by atoms with E-state index in [4.69, 9.17) is 0 Å². The normalized spacial score (nSPS) is 10.5. The molecule has 0 saturated heterocycles. The molecule has 2 rings (SSSR count). The molecule has 0 aliphatic rings. The van der Waals surface area contributed by atoms with E-state index in [-0.39, 0.29) is 0 Å². The molecule has 2 aromatic rings. The Morgan fingerprint density at radius 2 is 2.07 bits per heavy atom. The lowest BCUT2D eigenvalue weighted by Crippen LogP contribution is -2.01. The first-order chi connectivity index (χ1) is 6.66. The van der Waals surface area contributed by atoms with Crippen LogP contribution in [0.5, 0.6) is 0 Å². The molecular weight excluding hydrogens is 242 g/mol. The smallest absolute Gasteiger partial charge is 0.154 e. The zero-order chi connectivity index (χ0) is 10.1. The van der Waals surface area contributed by atoms with Crippen molar-refractivity contribution >= 4 is 15.9 Å². The molecule has 2 heterocycles. The second-order valence-electron chi connectivity index (χ2n) is 3.16. The number of aryl methyl sites for hydroxylation is 2. The summed E-state index contributed by atoms with van der Waals surface area (Å²) in [5.41, 5.74) is 2.09. The number of aromatic nitrogens is 3. The molecule has 4 heteroatoms. The van der Waals surface area contributed by atoms with Crippen LogP contribution in [0.15, 0.2) is 28.9 Å². The molecule has 0 aliphatic heterocycles. The minimum Gasteiger partial charge on any atom is -0.222 e. The van der Waals surface area contributed by atoms with Gasteiger partial charge in [0.2, 0.25) is 0 Å². The molecule has 0 amide bonds. The summed E-state index contributed by atoms with van der Waals surface area (Å²) in [7, 11) is 0. The van der Waals surface area contributed by atoms with Crippen LogP contribution in [0, 0.1) is 13.8 Å². The summed E-state index contributed by atoms with van der Waals surface area (Å²) < 4.78 is 2.66. The highest BCUT2D eigenvalue weighted by molar-refractivity contribution is 9.10. The first-order valence-electron chi connectivity index (χ1n) is 4.33. The van der Waals surface area contributed by atoms with Crippen molar-refractivity contribution < 1.29 is 0 Å². The van der Waals surface area contributed by atoms with Gasteiger partial charge in [0.1, 0.15) is 4.60 Å². The van der Waals surface area contributed by atoms with Crippen LogP contribution in [0.1, 0.15) is 11.4 Å². The maximum atomic E-state index is 4.35. The fourth-order valence-electron chi connectivity index (χ4n) is 1.38. The Hall–Kier alpha value is -1.16. The van der Waals surface area contributed by atoms with Crippen LogP contribution in [0.25, 0.3) is 5.82 Å². The molecule has 0 bridgehead atoms. The van der Waals surface area contributed by atoms with Crippen molar-refractivity contribution in [2.24, 2.45) is 0 Å². The van der Waals surface area contributed by atoms with Gasteiger partial charge in [-0.2, -0.15) is 5.10 Å². The number of hydrogen-bond acceptors (Lipinski definition) is 2. The van der Waals surface area contributed by atoms with Gasteiger partial charge in [-0.3, -0.25) is 0 Å². The molecular formula is C10H10BrN3. The van der Waals surface area contributed by atoms with E-state index in [1.807, 2.05) is 42.8 Å². The Bertz CT molecular complexity index is 462. The molecule has 14 heavy (non-hydrogen) atoms. The second kappa shape index (κ2) is 3.53. The Morgan fingerprint density at radius 1 is 1.29 bits per heavy atom. The first-order valence-corrected chi connectivity index (χ1v) is 5.12. The molecule has 0 aliphatic carbocycles. The van der Waals surface area contributed by atoms with Gasteiger partial charge in [-0.1, -0.05) is 6.07 Å². The van der Waals surface area contributed by atoms with Crippen molar-refractivity contribution in [2.45, 2.75) is 13.8 Å². The highest BCUT2D eigenvalue weighted by atomic mass is 79.9. The quantitative estimate of drug-likeness (QED) is 0.730. The van der Waals surface area contributed by atoms with Crippen LogP contribution < -0.4 is 0 Å². The highest BCUT2D eigenvalue weighted by Crippen LogP contribution is 2.12. The third-order valence-corrected chi connectivity index (χ3v) is 2.37. The number of nitrogens with zero attached hydrogens (tertiary/aromatic N) is 3. The van der Waals surface area contributed by atoms with Crippen LogP contribution in [0.4, 0.5) is 0 Å². The van der Waals surface area contributed by atoms with E-state index in [1.54, 1.807) is 0 Å². The lowest BCUT2D eigenvalue weighted by atomic mass is 10.4. The Morgan fingerprint density at radius 3 is 2.64 bits per heavy atom. The number of pyridine rings is 1. The summed E-state index contributed by atoms with van der Waals surface area (Å²) in [6.45, 7) is 3.99. The molecule has 0 N–H and O–H groups in total. The Kier molecular flexibility index (Phi) is 2.37. The van der Waals surface area contributed by atoms with Crippen LogP contribution in [0.3, 0.4) is 0 Å². The van der Waals surface area contributed by atoms with Gasteiger partial charge >= 0.3 is 0 Å². The second-order valence-corrected chi connectivity index (χ2v) is 3.97. The largest absolute Gasteiger partial charge is 0.222 e. The fraction of sp³-hybridized carbons (Fsp3) is 0.200. The number of halogens is 1. The highest BCUT2D eigenvalue weighted by Gasteiger charge is 2.04. The van der Waals surface area contributed by atoms with Gasteiger partial charge in [-0.25, -0.2) is 9.67 Å². The van der Waals surface area contributed by atoms with Crippen molar-refractivity contribution in [1.29, 1.82) is 0 Å². The lowest BCUT2D eigenvalue weighted by molar-refractivity contribution is 0.803. The molecule has 0 saturated carbocycles. The summed E-state index contributed by atoms with van der Waals surface area (Å²) in [4.78, 5) is 4.33. The van der Waals surface area contributed by atoms with Gasteiger partial charge in [0.15, 0.2) is 5.82 Å². The topological polar surface area (TPSA) is 30.7 Å². The molecule has 0 radical (unpaired) electrons. The predicted octanol–water partition coefficient (Wildman–Crippen LogP) is 2.65. The van der Waals surface area contributed by atoms with Crippen LogP contribution >= 0.6 is 15.9 Å². The summed E-state index contributed by atoms with van der Waals surface area (Å²) >= 11 is 3.34. The molecule has 0 aromatic carbocycles.